The van der Waals surface area contributed by atoms with Crippen LogP contribution in [0.15, 0.2) is 40.2 Å². The number of rotatable bonds is 10. The summed E-state index contributed by atoms with van der Waals surface area (Å²) >= 11 is 6.02. The molecule has 2 aromatic heterocycles. The van der Waals surface area contributed by atoms with Gasteiger partial charge < -0.3 is 19.7 Å². The Morgan fingerprint density at radius 2 is 1.97 bits per heavy atom. The highest BCUT2D eigenvalue weighted by molar-refractivity contribution is 6.32. The van der Waals surface area contributed by atoms with E-state index in [1.54, 1.807) is 30.1 Å². The molecule has 162 valence electrons. The topological polar surface area (TPSA) is 103 Å². The van der Waals surface area contributed by atoms with Crippen molar-refractivity contribution in [3.8, 4) is 5.75 Å². The van der Waals surface area contributed by atoms with Crippen molar-refractivity contribution in [3.05, 3.63) is 56.5 Å². The predicted molar refractivity (Wildman–Crippen MR) is 115 cm³/mol. The molecule has 10 heteroatoms. The molecular formula is C20H26ClN5O4. The van der Waals surface area contributed by atoms with Gasteiger partial charge in [0.15, 0.2) is 11.2 Å². The molecule has 9 nitrogen and oxygen atoms in total. The SMILES string of the molecule is Cn1c(=O)c2c(ncn2CCCCNCC(O)COc2ccccc2Cl)n(C)c1=O. The molecule has 0 fully saturated rings. The molecule has 1 aromatic carbocycles. The maximum absolute atomic E-state index is 12.4. The van der Waals surface area contributed by atoms with Gasteiger partial charge in [-0.3, -0.25) is 13.9 Å². The molecule has 1 atom stereocenters. The second-order valence-corrected chi connectivity index (χ2v) is 7.53. The van der Waals surface area contributed by atoms with Gasteiger partial charge in [-0.2, -0.15) is 0 Å². The summed E-state index contributed by atoms with van der Waals surface area (Å²) in [5.41, 5.74) is 0.0898. The highest BCUT2D eigenvalue weighted by Crippen LogP contribution is 2.23. The van der Waals surface area contributed by atoms with E-state index in [-0.39, 0.29) is 17.9 Å². The van der Waals surface area contributed by atoms with Gasteiger partial charge in [-0.05, 0) is 31.5 Å². The first-order valence-electron chi connectivity index (χ1n) is 9.77. The summed E-state index contributed by atoms with van der Waals surface area (Å²) in [6, 6.07) is 7.14. The first-order valence-corrected chi connectivity index (χ1v) is 10.1. The minimum Gasteiger partial charge on any atom is -0.489 e. The van der Waals surface area contributed by atoms with Crippen molar-refractivity contribution in [1.82, 2.24) is 24.0 Å². The zero-order chi connectivity index (χ0) is 21.7. The van der Waals surface area contributed by atoms with Gasteiger partial charge in [-0.1, -0.05) is 23.7 Å². The average molecular weight is 436 g/mol. The van der Waals surface area contributed by atoms with E-state index in [1.165, 1.54) is 11.6 Å². The van der Waals surface area contributed by atoms with Crippen LogP contribution in [-0.2, 0) is 20.6 Å². The lowest BCUT2D eigenvalue weighted by atomic mass is 10.3. The van der Waals surface area contributed by atoms with Crippen molar-refractivity contribution in [2.75, 3.05) is 19.7 Å². The van der Waals surface area contributed by atoms with Gasteiger partial charge in [0, 0.05) is 27.2 Å². The van der Waals surface area contributed by atoms with Gasteiger partial charge in [0.05, 0.1) is 11.3 Å². The Morgan fingerprint density at radius 3 is 2.73 bits per heavy atom. The summed E-state index contributed by atoms with van der Waals surface area (Å²) in [5.74, 6) is 0.550. The summed E-state index contributed by atoms with van der Waals surface area (Å²) in [4.78, 5) is 28.6. The van der Waals surface area contributed by atoms with Crippen molar-refractivity contribution in [1.29, 1.82) is 0 Å². The first-order chi connectivity index (χ1) is 14.4. The van der Waals surface area contributed by atoms with Crippen LogP contribution in [-0.4, -0.2) is 49.6 Å². The molecule has 0 aliphatic heterocycles. The molecule has 0 saturated carbocycles. The number of para-hydroxylation sites is 1. The number of aliphatic hydroxyl groups is 1. The molecule has 3 aromatic rings. The van der Waals surface area contributed by atoms with Crippen LogP contribution in [0.5, 0.6) is 5.75 Å². The first kappa shape index (κ1) is 22.1. The van der Waals surface area contributed by atoms with E-state index in [2.05, 4.69) is 10.3 Å². The normalized spacial score (nSPS) is 12.4. The van der Waals surface area contributed by atoms with E-state index in [4.69, 9.17) is 16.3 Å². The molecule has 3 rings (SSSR count). The summed E-state index contributed by atoms with van der Waals surface area (Å²) in [6.45, 7) is 1.89. The van der Waals surface area contributed by atoms with Crippen molar-refractivity contribution >= 4 is 22.8 Å². The molecule has 0 spiro atoms. The van der Waals surface area contributed by atoms with E-state index in [1.807, 2.05) is 12.1 Å². The number of unbranched alkanes of at least 4 members (excludes halogenated alkanes) is 1. The van der Waals surface area contributed by atoms with E-state index < -0.39 is 6.10 Å². The van der Waals surface area contributed by atoms with E-state index in [9.17, 15) is 14.7 Å². The smallest absolute Gasteiger partial charge is 0.332 e. The summed E-state index contributed by atoms with van der Waals surface area (Å²) in [7, 11) is 3.07. The van der Waals surface area contributed by atoms with Crippen LogP contribution in [0.3, 0.4) is 0 Å². The number of hydrogen-bond donors (Lipinski definition) is 2. The Morgan fingerprint density at radius 1 is 1.20 bits per heavy atom. The van der Waals surface area contributed by atoms with Gasteiger partial charge in [0.25, 0.3) is 5.56 Å². The molecule has 2 heterocycles. The van der Waals surface area contributed by atoms with Crippen LogP contribution in [0.25, 0.3) is 11.2 Å². The Bertz CT molecular complexity index is 1120. The van der Waals surface area contributed by atoms with Crippen molar-refractivity contribution < 1.29 is 9.84 Å². The third kappa shape index (κ3) is 4.92. The van der Waals surface area contributed by atoms with Crippen LogP contribution in [0.4, 0.5) is 0 Å². The number of aliphatic hydroxyl groups excluding tert-OH is 1. The number of aryl methyl sites for hydroxylation is 2. The maximum atomic E-state index is 12.4. The minimum absolute atomic E-state index is 0.153. The van der Waals surface area contributed by atoms with E-state index >= 15 is 0 Å². The largest absolute Gasteiger partial charge is 0.489 e. The maximum Gasteiger partial charge on any atom is 0.332 e. The number of fused-ring (bicyclic) bond motifs is 1. The lowest BCUT2D eigenvalue weighted by Crippen LogP contribution is -2.37. The van der Waals surface area contributed by atoms with Crippen LogP contribution in [0, 0.1) is 0 Å². The molecule has 0 bridgehead atoms. The van der Waals surface area contributed by atoms with Gasteiger partial charge in [-0.25, -0.2) is 9.78 Å². The second kappa shape index (κ2) is 9.92. The number of hydrogen-bond acceptors (Lipinski definition) is 6. The molecule has 0 radical (unpaired) electrons. The van der Waals surface area contributed by atoms with Gasteiger partial charge in [0.2, 0.25) is 0 Å². The van der Waals surface area contributed by atoms with Crippen LogP contribution in [0.2, 0.25) is 5.02 Å². The van der Waals surface area contributed by atoms with Gasteiger partial charge in [-0.15, -0.1) is 0 Å². The van der Waals surface area contributed by atoms with Gasteiger partial charge in [0.1, 0.15) is 18.5 Å². The summed E-state index contributed by atoms with van der Waals surface area (Å²) in [5, 5.41) is 13.7. The molecular weight excluding hydrogens is 410 g/mol. The predicted octanol–water partition coefficient (Wildman–Crippen LogP) is 0.897. The Kier molecular flexibility index (Phi) is 7.30. The van der Waals surface area contributed by atoms with Crippen molar-refractivity contribution in [3.63, 3.8) is 0 Å². The van der Waals surface area contributed by atoms with Crippen molar-refractivity contribution in [2.45, 2.75) is 25.5 Å². The Labute approximate surface area is 178 Å². The zero-order valence-electron chi connectivity index (χ0n) is 17.0. The second-order valence-electron chi connectivity index (χ2n) is 7.12. The molecule has 30 heavy (non-hydrogen) atoms. The highest BCUT2D eigenvalue weighted by atomic mass is 35.5. The Hall–Kier alpha value is -2.62. The number of halogens is 1. The fourth-order valence-electron chi connectivity index (χ4n) is 3.17. The highest BCUT2D eigenvalue weighted by Gasteiger charge is 2.14. The number of nitrogens with zero attached hydrogens (tertiary/aromatic N) is 4. The van der Waals surface area contributed by atoms with Crippen LogP contribution < -0.4 is 21.3 Å². The Balaban J connectivity index is 1.41. The number of imidazole rings is 1. The third-order valence-electron chi connectivity index (χ3n) is 4.87. The third-order valence-corrected chi connectivity index (χ3v) is 5.18. The molecule has 0 aliphatic rings. The molecule has 0 aliphatic carbocycles. The van der Waals surface area contributed by atoms with E-state index in [0.29, 0.717) is 41.6 Å². The quantitative estimate of drug-likeness (QED) is 0.458. The number of ether oxygens (including phenoxy) is 1. The van der Waals surface area contributed by atoms with E-state index in [0.717, 1.165) is 17.4 Å². The fourth-order valence-corrected chi connectivity index (χ4v) is 3.36. The molecule has 0 saturated heterocycles. The standard InChI is InChI=1S/C20H26ClN5O4/c1-24-18-17(19(28)25(2)20(24)29)26(13-23-18)10-6-5-9-22-11-14(27)12-30-16-8-4-3-7-15(16)21/h3-4,7-8,13-14,22,27H,5-6,9-12H2,1-2H3. The lowest BCUT2D eigenvalue weighted by Gasteiger charge is -2.14. The van der Waals surface area contributed by atoms with Crippen LogP contribution >= 0.6 is 11.6 Å². The molecule has 0 amide bonds. The number of benzene rings is 1. The summed E-state index contributed by atoms with van der Waals surface area (Å²) in [6.07, 6.45) is 2.61. The summed E-state index contributed by atoms with van der Waals surface area (Å²) < 4.78 is 9.77. The van der Waals surface area contributed by atoms with Crippen LogP contribution in [0.1, 0.15) is 12.8 Å². The number of nitrogens with one attached hydrogen (secondary N) is 1. The van der Waals surface area contributed by atoms with Gasteiger partial charge >= 0.3 is 5.69 Å². The minimum atomic E-state index is -0.650. The molecule has 2 N–H and O–H groups in total. The monoisotopic (exact) mass is 435 g/mol. The molecule has 1 unspecified atom stereocenters. The number of aromatic nitrogens is 4. The van der Waals surface area contributed by atoms with Crippen molar-refractivity contribution in [2.24, 2.45) is 14.1 Å². The zero-order valence-corrected chi connectivity index (χ0v) is 17.8. The average Bonchev–Trinajstić information content (AvgIpc) is 3.16. The fraction of sp³-hybridized carbons (Fsp3) is 0.450. The lowest BCUT2D eigenvalue weighted by molar-refractivity contribution is 0.106.